The summed E-state index contributed by atoms with van der Waals surface area (Å²) in [5, 5.41) is 6.41. The second-order valence-corrected chi connectivity index (χ2v) is 8.84. The molecule has 0 amide bonds. The molecule has 0 aliphatic carbocycles. The first kappa shape index (κ1) is 24.3. The van der Waals surface area contributed by atoms with E-state index in [0.29, 0.717) is 41.1 Å². The summed E-state index contributed by atoms with van der Waals surface area (Å²) in [6.45, 7) is 2.36. The van der Waals surface area contributed by atoms with E-state index in [-0.39, 0.29) is 11.8 Å². The maximum atomic E-state index is 12.7. The van der Waals surface area contributed by atoms with E-state index >= 15 is 0 Å². The van der Waals surface area contributed by atoms with E-state index in [4.69, 9.17) is 14.2 Å². The van der Waals surface area contributed by atoms with Crippen LogP contribution in [0.4, 0.5) is 0 Å². The third-order valence-corrected chi connectivity index (χ3v) is 6.60. The maximum Gasteiger partial charge on any atom is 0.203 e. The van der Waals surface area contributed by atoms with Crippen LogP contribution < -0.4 is 24.8 Å². The number of aliphatic imine (C=N–C) groups is 1. The lowest BCUT2D eigenvalue weighted by molar-refractivity contribution is 0.323. The fraction of sp³-hybridized carbons (Fsp3) is 0.409. The Hall–Kier alpha value is -2.94. The summed E-state index contributed by atoms with van der Waals surface area (Å²) in [6.07, 6.45) is 0.622. The second-order valence-electron chi connectivity index (χ2n) is 6.80. The molecule has 8 nitrogen and oxygen atoms in total. The van der Waals surface area contributed by atoms with Crippen molar-refractivity contribution in [2.45, 2.75) is 30.8 Å². The number of hydrogen-bond acceptors (Lipinski definition) is 6. The van der Waals surface area contributed by atoms with Crippen LogP contribution in [0.15, 0.2) is 52.4 Å². The van der Waals surface area contributed by atoms with Crippen LogP contribution in [0.2, 0.25) is 0 Å². The zero-order valence-corrected chi connectivity index (χ0v) is 19.5. The number of methoxy groups -OCH3 is 3. The van der Waals surface area contributed by atoms with Crippen molar-refractivity contribution < 1.29 is 22.6 Å². The smallest absolute Gasteiger partial charge is 0.203 e. The Morgan fingerprint density at radius 1 is 1.03 bits per heavy atom. The van der Waals surface area contributed by atoms with Gasteiger partial charge in [0.15, 0.2) is 27.3 Å². The number of ether oxygens (including phenoxy) is 3. The van der Waals surface area contributed by atoms with E-state index in [2.05, 4.69) is 15.6 Å². The lowest BCUT2D eigenvalue weighted by atomic mass is 10.2. The number of guanidine groups is 1. The van der Waals surface area contributed by atoms with Gasteiger partial charge in [-0.25, -0.2) is 8.42 Å². The van der Waals surface area contributed by atoms with E-state index in [9.17, 15) is 8.42 Å². The summed E-state index contributed by atoms with van der Waals surface area (Å²) in [7, 11) is 2.91. The highest BCUT2D eigenvalue weighted by Crippen LogP contribution is 2.38. The van der Waals surface area contributed by atoms with E-state index < -0.39 is 9.84 Å². The number of hydrogen-bond donors (Lipinski definition) is 2. The molecule has 0 spiro atoms. The fourth-order valence-electron chi connectivity index (χ4n) is 3.06. The molecule has 0 aliphatic heterocycles. The summed E-state index contributed by atoms with van der Waals surface area (Å²) >= 11 is 0. The first-order valence-electron chi connectivity index (χ1n) is 9.92. The van der Waals surface area contributed by atoms with Gasteiger partial charge in [-0.3, -0.25) is 4.99 Å². The Kier molecular flexibility index (Phi) is 8.99. The van der Waals surface area contributed by atoms with Gasteiger partial charge in [-0.1, -0.05) is 25.1 Å². The highest BCUT2D eigenvalue weighted by atomic mass is 32.2. The molecule has 1 atom stereocenters. The minimum absolute atomic E-state index is 0.0294. The van der Waals surface area contributed by atoms with Crippen molar-refractivity contribution in [1.29, 1.82) is 0 Å². The van der Waals surface area contributed by atoms with E-state index in [1.54, 1.807) is 58.7 Å². The van der Waals surface area contributed by atoms with Gasteiger partial charge < -0.3 is 24.8 Å². The molecule has 0 saturated heterocycles. The predicted octanol–water partition coefficient (Wildman–Crippen LogP) is 2.63. The molecule has 2 aromatic rings. The van der Waals surface area contributed by atoms with Crippen molar-refractivity contribution in [3.05, 3.63) is 48.0 Å². The highest BCUT2D eigenvalue weighted by Gasteiger charge is 2.21. The van der Waals surface area contributed by atoms with Crippen molar-refractivity contribution in [3.63, 3.8) is 0 Å². The average Bonchev–Trinajstić information content (AvgIpc) is 2.80. The third-order valence-electron chi connectivity index (χ3n) is 4.76. The van der Waals surface area contributed by atoms with Crippen molar-refractivity contribution >= 4 is 15.8 Å². The summed E-state index contributed by atoms with van der Waals surface area (Å²) in [5.74, 6) is 2.11. The van der Waals surface area contributed by atoms with Gasteiger partial charge in [-0.2, -0.15) is 0 Å². The van der Waals surface area contributed by atoms with Crippen LogP contribution in [0, 0.1) is 0 Å². The minimum Gasteiger partial charge on any atom is -0.493 e. The fourth-order valence-corrected chi connectivity index (χ4v) is 4.67. The largest absolute Gasteiger partial charge is 0.493 e. The standard InChI is InChI=1S/C22H31N3O5S/c1-6-17(15-31(26,27)18-10-8-7-9-11-18)25-22(23-2)24-14-16-12-19(28-3)21(30-5)20(13-16)29-4/h7-13,17H,6,14-15H2,1-5H3,(H2,23,24,25). The van der Waals surface area contributed by atoms with Crippen LogP contribution in [0.5, 0.6) is 17.2 Å². The van der Waals surface area contributed by atoms with Crippen LogP contribution in [0.3, 0.4) is 0 Å². The summed E-state index contributed by atoms with van der Waals surface area (Å²) < 4.78 is 41.5. The third kappa shape index (κ3) is 6.52. The van der Waals surface area contributed by atoms with Crippen molar-refractivity contribution in [3.8, 4) is 17.2 Å². The van der Waals surface area contributed by atoms with Crippen LogP contribution >= 0.6 is 0 Å². The van der Waals surface area contributed by atoms with Crippen molar-refractivity contribution in [2.24, 2.45) is 4.99 Å². The second kappa shape index (κ2) is 11.5. The Bertz CT molecular complexity index is 953. The van der Waals surface area contributed by atoms with Crippen LogP contribution in [0.1, 0.15) is 18.9 Å². The molecule has 2 N–H and O–H groups in total. The topological polar surface area (TPSA) is 98.3 Å². The first-order valence-corrected chi connectivity index (χ1v) is 11.6. The number of nitrogens with one attached hydrogen (secondary N) is 2. The van der Waals surface area contributed by atoms with Gasteiger partial charge in [-0.05, 0) is 36.2 Å². The van der Waals surface area contributed by atoms with Gasteiger partial charge >= 0.3 is 0 Å². The van der Waals surface area contributed by atoms with E-state index in [1.165, 1.54) is 0 Å². The lowest BCUT2D eigenvalue weighted by Crippen LogP contribution is -2.45. The molecule has 0 heterocycles. The monoisotopic (exact) mass is 449 g/mol. The van der Waals surface area contributed by atoms with Crippen molar-refractivity contribution in [2.75, 3.05) is 34.1 Å². The summed E-state index contributed by atoms with van der Waals surface area (Å²) in [6, 6.07) is 11.9. The van der Waals surface area contributed by atoms with E-state index in [1.807, 2.05) is 19.1 Å². The van der Waals surface area contributed by atoms with Gasteiger partial charge in [0.1, 0.15) is 0 Å². The number of sulfone groups is 1. The molecule has 1 unspecified atom stereocenters. The molecule has 2 aromatic carbocycles. The molecule has 0 saturated carbocycles. The average molecular weight is 450 g/mol. The molecular weight excluding hydrogens is 418 g/mol. The normalized spacial score (nSPS) is 12.7. The summed E-state index contributed by atoms with van der Waals surface area (Å²) in [4.78, 5) is 4.54. The maximum absolute atomic E-state index is 12.7. The van der Waals surface area contributed by atoms with Crippen LogP contribution in [0.25, 0.3) is 0 Å². The van der Waals surface area contributed by atoms with Crippen molar-refractivity contribution in [1.82, 2.24) is 10.6 Å². The molecule has 9 heteroatoms. The van der Waals surface area contributed by atoms with Gasteiger partial charge in [-0.15, -0.1) is 0 Å². The quantitative estimate of drug-likeness (QED) is 0.425. The van der Waals surface area contributed by atoms with Crippen LogP contribution in [-0.4, -0.2) is 54.5 Å². The lowest BCUT2D eigenvalue weighted by Gasteiger charge is -2.21. The Labute approximate surface area is 184 Å². The van der Waals surface area contributed by atoms with E-state index in [0.717, 1.165) is 5.56 Å². The Morgan fingerprint density at radius 3 is 2.13 bits per heavy atom. The molecular formula is C22H31N3O5S. The number of nitrogens with zero attached hydrogens (tertiary/aromatic N) is 1. The van der Waals surface area contributed by atoms with Gasteiger partial charge in [0, 0.05) is 19.6 Å². The molecule has 0 radical (unpaired) electrons. The zero-order valence-electron chi connectivity index (χ0n) is 18.6. The molecule has 0 fully saturated rings. The molecule has 0 bridgehead atoms. The van der Waals surface area contributed by atoms with Gasteiger partial charge in [0.2, 0.25) is 5.75 Å². The van der Waals surface area contributed by atoms with Crippen LogP contribution in [-0.2, 0) is 16.4 Å². The summed E-state index contributed by atoms with van der Waals surface area (Å²) in [5.41, 5.74) is 0.891. The highest BCUT2D eigenvalue weighted by molar-refractivity contribution is 7.91. The predicted molar refractivity (Wildman–Crippen MR) is 122 cm³/mol. The Morgan fingerprint density at radius 2 is 1.65 bits per heavy atom. The molecule has 170 valence electrons. The van der Waals surface area contributed by atoms with Gasteiger partial charge in [0.05, 0.1) is 32.0 Å². The molecule has 2 rings (SSSR count). The van der Waals surface area contributed by atoms with Gasteiger partial charge in [0.25, 0.3) is 0 Å². The molecule has 0 aromatic heterocycles. The molecule has 0 aliphatic rings. The first-order chi connectivity index (χ1) is 14.9. The number of benzene rings is 2. The number of rotatable bonds is 10. The SMILES string of the molecule is CCC(CS(=O)(=O)c1ccccc1)NC(=NC)NCc1cc(OC)c(OC)c(OC)c1. The minimum atomic E-state index is -3.41. The molecule has 31 heavy (non-hydrogen) atoms. The Balaban J connectivity index is 2.08. The zero-order chi connectivity index (χ0) is 22.9.